The summed E-state index contributed by atoms with van der Waals surface area (Å²) in [5, 5.41) is 14.0. The maximum atomic E-state index is 11.8. The Morgan fingerprint density at radius 3 is 2.76 bits per heavy atom. The van der Waals surface area contributed by atoms with Crippen LogP contribution in [-0.4, -0.2) is 34.7 Å². The van der Waals surface area contributed by atoms with Gasteiger partial charge in [-0.05, 0) is 29.8 Å². The van der Waals surface area contributed by atoms with E-state index in [0.29, 0.717) is 12.4 Å². The largest absolute Gasteiger partial charge is 0.497 e. The predicted molar refractivity (Wildman–Crippen MR) is 87.1 cm³/mol. The Labute approximate surface area is 143 Å². The van der Waals surface area contributed by atoms with Crippen molar-refractivity contribution in [3.8, 4) is 17.4 Å². The van der Waals surface area contributed by atoms with Gasteiger partial charge >= 0.3 is 5.76 Å². The summed E-state index contributed by atoms with van der Waals surface area (Å²) in [4.78, 5) is 11.8. The van der Waals surface area contributed by atoms with Gasteiger partial charge in [0, 0.05) is 0 Å². The Bertz CT molecular complexity index is 835. The molecule has 0 saturated carbocycles. The van der Waals surface area contributed by atoms with Crippen LogP contribution in [0.5, 0.6) is 5.75 Å². The topological polar surface area (TPSA) is 99.9 Å². The molecule has 0 fully saturated rings. The van der Waals surface area contributed by atoms with Crippen molar-refractivity contribution in [3.63, 3.8) is 0 Å². The second-order valence-electron chi connectivity index (χ2n) is 5.35. The third-order valence-corrected chi connectivity index (χ3v) is 3.46. The minimum atomic E-state index is -0.898. The molecule has 1 aromatic carbocycles. The summed E-state index contributed by atoms with van der Waals surface area (Å²) in [5.41, 5.74) is 0.951. The summed E-state index contributed by atoms with van der Waals surface area (Å²) in [7, 11) is 1.60. The van der Waals surface area contributed by atoms with Gasteiger partial charge in [-0.15, -0.1) is 5.10 Å². The van der Waals surface area contributed by atoms with Crippen LogP contribution in [0.4, 0.5) is 0 Å². The summed E-state index contributed by atoms with van der Waals surface area (Å²) in [6, 6.07) is 10.7. The molecule has 2 heterocycles. The average molecular weight is 346 g/mol. The molecule has 3 rings (SSSR count). The van der Waals surface area contributed by atoms with Gasteiger partial charge in [-0.3, -0.25) is 0 Å². The first-order valence-electron chi connectivity index (χ1n) is 7.66. The van der Waals surface area contributed by atoms with Crippen LogP contribution in [0.2, 0.25) is 0 Å². The van der Waals surface area contributed by atoms with Crippen molar-refractivity contribution in [3.05, 3.63) is 58.8 Å². The van der Waals surface area contributed by atoms with Gasteiger partial charge in [0.2, 0.25) is 0 Å². The number of methoxy groups -OCH3 is 1. The van der Waals surface area contributed by atoms with Crippen molar-refractivity contribution >= 4 is 0 Å². The molecule has 0 radical (unpaired) electrons. The van der Waals surface area contributed by atoms with E-state index in [-0.39, 0.29) is 19.0 Å². The number of ether oxygens (including phenoxy) is 2. The van der Waals surface area contributed by atoms with Crippen molar-refractivity contribution in [1.82, 2.24) is 9.78 Å². The number of hydrogen-bond donors (Lipinski definition) is 1. The van der Waals surface area contributed by atoms with Crippen molar-refractivity contribution < 1.29 is 23.4 Å². The normalized spacial score (nSPS) is 12.2. The lowest BCUT2D eigenvalue weighted by Gasteiger charge is -2.10. The van der Waals surface area contributed by atoms with E-state index in [1.165, 1.54) is 6.26 Å². The lowest BCUT2D eigenvalue weighted by atomic mass is 10.2. The highest BCUT2D eigenvalue weighted by Gasteiger charge is 2.15. The molecule has 8 nitrogen and oxygen atoms in total. The van der Waals surface area contributed by atoms with Gasteiger partial charge in [-0.2, -0.15) is 4.68 Å². The molecule has 3 aromatic rings. The van der Waals surface area contributed by atoms with Gasteiger partial charge < -0.3 is 23.4 Å². The number of aliphatic hydroxyl groups excluding tert-OH is 1. The molecule has 0 spiro atoms. The van der Waals surface area contributed by atoms with E-state index in [4.69, 9.17) is 18.3 Å². The molecule has 132 valence electrons. The summed E-state index contributed by atoms with van der Waals surface area (Å²) in [6.45, 7) is 0.361. The van der Waals surface area contributed by atoms with E-state index >= 15 is 0 Å². The fourth-order valence-electron chi connectivity index (χ4n) is 2.21. The van der Waals surface area contributed by atoms with Crippen LogP contribution in [-0.2, 0) is 17.9 Å². The highest BCUT2D eigenvalue weighted by atomic mass is 16.5. The molecular formula is C17H18N2O6. The van der Waals surface area contributed by atoms with Crippen molar-refractivity contribution in [1.29, 1.82) is 0 Å². The average Bonchev–Trinajstić information content (AvgIpc) is 3.26. The molecular weight excluding hydrogens is 328 g/mol. The molecule has 0 bridgehead atoms. The van der Waals surface area contributed by atoms with Crippen LogP contribution < -0.4 is 10.5 Å². The van der Waals surface area contributed by atoms with Gasteiger partial charge in [0.1, 0.15) is 5.75 Å². The van der Waals surface area contributed by atoms with Gasteiger partial charge in [-0.25, -0.2) is 4.79 Å². The summed E-state index contributed by atoms with van der Waals surface area (Å²) in [5.74, 6) is 0.518. The van der Waals surface area contributed by atoms with E-state index in [0.717, 1.165) is 16.0 Å². The third kappa shape index (κ3) is 4.37. The molecule has 2 aromatic heterocycles. The van der Waals surface area contributed by atoms with Crippen LogP contribution in [0.3, 0.4) is 0 Å². The molecule has 25 heavy (non-hydrogen) atoms. The Morgan fingerprint density at radius 1 is 1.28 bits per heavy atom. The van der Waals surface area contributed by atoms with E-state index in [1.54, 1.807) is 19.2 Å². The zero-order valence-corrected chi connectivity index (χ0v) is 13.6. The predicted octanol–water partition coefficient (Wildman–Crippen LogP) is 1.68. The number of benzene rings is 1. The molecule has 1 unspecified atom stereocenters. The molecule has 0 saturated heterocycles. The first kappa shape index (κ1) is 17.0. The number of nitrogens with zero attached hydrogens (tertiary/aromatic N) is 2. The van der Waals surface area contributed by atoms with Crippen molar-refractivity contribution in [2.24, 2.45) is 0 Å². The quantitative estimate of drug-likeness (QED) is 0.662. The van der Waals surface area contributed by atoms with Crippen molar-refractivity contribution in [2.75, 3.05) is 13.7 Å². The minimum Gasteiger partial charge on any atom is -0.497 e. The second-order valence-corrected chi connectivity index (χ2v) is 5.35. The summed E-state index contributed by atoms with van der Waals surface area (Å²) < 4.78 is 21.7. The number of furan rings is 1. The summed E-state index contributed by atoms with van der Waals surface area (Å²) in [6.07, 6.45) is 0.557. The SMILES string of the molecule is COc1ccc(COCC(O)Cn2nc(-c3ccco3)oc2=O)cc1. The molecule has 0 aliphatic heterocycles. The first-order valence-corrected chi connectivity index (χ1v) is 7.66. The van der Waals surface area contributed by atoms with Crippen LogP contribution in [0.15, 0.2) is 56.3 Å². The summed E-state index contributed by atoms with van der Waals surface area (Å²) >= 11 is 0. The van der Waals surface area contributed by atoms with Crippen LogP contribution >= 0.6 is 0 Å². The molecule has 1 atom stereocenters. The maximum Gasteiger partial charge on any atom is 0.437 e. The van der Waals surface area contributed by atoms with Crippen LogP contribution in [0.25, 0.3) is 11.7 Å². The lowest BCUT2D eigenvalue weighted by Crippen LogP contribution is -2.28. The minimum absolute atomic E-state index is 0.0361. The van der Waals surface area contributed by atoms with E-state index < -0.39 is 11.9 Å². The number of hydrogen-bond acceptors (Lipinski definition) is 7. The first-order chi connectivity index (χ1) is 12.2. The molecule has 8 heteroatoms. The molecule has 0 amide bonds. The maximum absolute atomic E-state index is 11.8. The Hall–Kier alpha value is -2.84. The second kappa shape index (κ2) is 7.82. The van der Waals surface area contributed by atoms with E-state index in [2.05, 4.69) is 5.10 Å². The number of rotatable bonds is 8. The smallest absolute Gasteiger partial charge is 0.437 e. The molecule has 0 aliphatic carbocycles. The number of aliphatic hydroxyl groups is 1. The van der Waals surface area contributed by atoms with Gasteiger partial charge in [0.15, 0.2) is 5.76 Å². The molecule has 1 N–H and O–H groups in total. The van der Waals surface area contributed by atoms with Crippen LogP contribution in [0.1, 0.15) is 5.56 Å². The Balaban J connectivity index is 1.50. The van der Waals surface area contributed by atoms with Gasteiger partial charge in [0.05, 0.1) is 39.2 Å². The lowest BCUT2D eigenvalue weighted by molar-refractivity contribution is 0.0178. The standard InChI is InChI=1S/C17H18N2O6/c1-22-14-6-4-12(5-7-14)10-23-11-13(20)9-19-17(21)25-16(18-19)15-3-2-8-24-15/h2-8,13,20H,9-11H2,1H3. The third-order valence-electron chi connectivity index (χ3n) is 3.46. The fraction of sp³-hybridized carbons (Fsp3) is 0.294. The molecule has 0 aliphatic rings. The Kier molecular flexibility index (Phi) is 5.32. The van der Waals surface area contributed by atoms with Crippen LogP contribution in [0, 0.1) is 0 Å². The zero-order chi connectivity index (χ0) is 17.6. The van der Waals surface area contributed by atoms with E-state index in [9.17, 15) is 9.90 Å². The fourth-order valence-corrected chi connectivity index (χ4v) is 2.21. The van der Waals surface area contributed by atoms with Crippen molar-refractivity contribution in [2.45, 2.75) is 19.3 Å². The van der Waals surface area contributed by atoms with Gasteiger partial charge in [0.25, 0.3) is 5.89 Å². The Morgan fingerprint density at radius 2 is 2.08 bits per heavy atom. The van der Waals surface area contributed by atoms with Gasteiger partial charge in [-0.1, -0.05) is 12.1 Å². The highest BCUT2D eigenvalue weighted by molar-refractivity contribution is 5.42. The zero-order valence-electron chi connectivity index (χ0n) is 13.6. The monoisotopic (exact) mass is 346 g/mol. The van der Waals surface area contributed by atoms with E-state index in [1.807, 2.05) is 24.3 Å². The highest BCUT2D eigenvalue weighted by Crippen LogP contribution is 2.15. The number of aromatic nitrogens is 2.